The summed E-state index contributed by atoms with van der Waals surface area (Å²) in [6.07, 6.45) is -1.25. The van der Waals surface area contributed by atoms with Gasteiger partial charge in [0.05, 0.1) is 17.7 Å². The van der Waals surface area contributed by atoms with Crippen molar-refractivity contribution in [2.75, 3.05) is 6.54 Å². The van der Waals surface area contributed by atoms with Crippen molar-refractivity contribution in [3.8, 4) is 0 Å². The molecule has 15 heavy (non-hydrogen) atoms. The Kier molecular flexibility index (Phi) is 4.17. The molecule has 4 nitrogen and oxygen atoms in total. The molecule has 0 aliphatic rings. The fourth-order valence-corrected chi connectivity index (χ4v) is 1.54. The second-order valence-corrected chi connectivity index (χ2v) is 3.56. The number of nitrogens with zero attached hydrogens (tertiary/aromatic N) is 3. The highest BCUT2D eigenvalue weighted by Gasteiger charge is 2.15. The van der Waals surface area contributed by atoms with E-state index in [2.05, 4.69) is 10.0 Å². The molecule has 80 valence electrons. The van der Waals surface area contributed by atoms with E-state index in [-0.39, 0.29) is 22.2 Å². The maximum Gasteiger partial charge on any atom is 0.147 e. The molecule has 0 saturated heterocycles. The predicted molar refractivity (Wildman–Crippen MR) is 55.4 cm³/mol. The average molecular weight is 250 g/mol. The third-order valence-electron chi connectivity index (χ3n) is 1.70. The van der Waals surface area contributed by atoms with E-state index in [0.29, 0.717) is 0 Å². The summed E-state index contributed by atoms with van der Waals surface area (Å²) < 4.78 is 13.4. The van der Waals surface area contributed by atoms with Crippen molar-refractivity contribution in [2.24, 2.45) is 5.11 Å². The molecule has 1 unspecified atom stereocenters. The minimum atomic E-state index is -1.25. The Morgan fingerprint density at radius 3 is 2.80 bits per heavy atom. The van der Waals surface area contributed by atoms with Gasteiger partial charge in [-0.25, -0.2) is 4.39 Å². The van der Waals surface area contributed by atoms with Crippen LogP contribution >= 0.6 is 23.2 Å². The van der Waals surface area contributed by atoms with Crippen molar-refractivity contribution in [1.82, 2.24) is 0 Å². The summed E-state index contributed by atoms with van der Waals surface area (Å²) in [5.74, 6) is -0.762. The van der Waals surface area contributed by atoms with Crippen LogP contribution in [0.5, 0.6) is 0 Å². The Morgan fingerprint density at radius 1 is 1.53 bits per heavy atom. The van der Waals surface area contributed by atoms with E-state index >= 15 is 0 Å². The number of aliphatic hydroxyl groups is 1. The van der Waals surface area contributed by atoms with Gasteiger partial charge in [-0.1, -0.05) is 28.3 Å². The van der Waals surface area contributed by atoms with E-state index in [1.165, 1.54) is 12.1 Å². The Balaban J connectivity index is 3.07. The lowest BCUT2D eigenvalue weighted by molar-refractivity contribution is 0.182. The van der Waals surface area contributed by atoms with Crippen LogP contribution < -0.4 is 0 Å². The third-order valence-corrected chi connectivity index (χ3v) is 2.19. The largest absolute Gasteiger partial charge is 0.388 e. The van der Waals surface area contributed by atoms with Crippen LogP contribution in [0.15, 0.2) is 17.2 Å². The van der Waals surface area contributed by atoms with Crippen LogP contribution in [0.1, 0.15) is 11.7 Å². The van der Waals surface area contributed by atoms with Gasteiger partial charge in [-0.05, 0) is 17.7 Å². The topological polar surface area (TPSA) is 69.0 Å². The van der Waals surface area contributed by atoms with Gasteiger partial charge in [0.15, 0.2) is 0 Å². The molecular formula is C8H6Cl2FN3O. The molecule has 0 aliphatic carbocycles. The van der Waals surface area contributed by atoms with Crippen LogP contribution in [0.2, 0.25) is 10.0 Å². The lowest BCUT2D eigenvalue weighted by Crippen LogP contribution is -2.04. The molecule has 7 heteroatoms. The maximum absolute atomic E-state index is 13.4. The molecule has 0 bridgehead atoms. The van der Waals surface area contributed by atoms with Gasteiger partial charge in [0.2, 0.25) is 0 Å². The van der Waals surface area contributed by atoms with E-state index in [0.717, 1.165) is 0 Å². The van der Waals surface area contributed by atoms with E-state index in [9.17, 15) is 9.50 Å². The van der Waals surface area contributed by atoms with Crippen LogP contribution in [0, 0.1) is 5.82 Å². The van der Waals surface area contributed by atoms with E-state index < -0.39 is 11.9 Å². The Morgan fingerprint density at radius 2 is 2.20 bits per heavy atom. The standard InChI is InChI=1S/C8H6Cl2FN3O/c9-4-1-5(7(15)3-13-14-12)8(11)6(10)2-4/h1-2,7,15H,3H2. The number of halogens is 3. The monoisotopic (exact) mass is 249 g/mol. The van der Waals surface area contributed by atoms with Gasteiger partial charge in [-0.15, -0.1) is 0 Å². The number of aliphatic hydroxyl groups excluding tert-OH is 1. The quantitative estimate of drug-likeness (QED) is 0.379. The summed E-state index contributed by atoms with van der Waals surface area (Å²) in [6, 6.07) is 2.46. The van der Waals surface area contributed by atoms with Crippen LogP contribution in [0.4, 0.5) is 4.39 Å². The molecule has 0 saturated carbocycles. The first kappa shape index (κ1) is 12.1. The lowest BCUT2D eigenvalue weighted by Gasteiger charge is -2.10. The number of benzene rings is 1. The van der Waals surface area contributed by atoms with Crippen LogP contribution in [0.25, 0.3) is 10.4 Å². The zero-order valence-corrected chi connectivity index (χ0v) is 8.87. The molecule has 1 rings (SSSR count). The Labute approximate surface area is 94.9 Å². The highest BCUT2D eigenvalue weighted by molar-refractivity contribution is 6.34. The molecule has 1 atom stereocenters. The number of hydrogen-bond acceptors (Lipinski definition) is 2. The summed E-state index contributed by atoms with van der Waals surface area (Å²) in [4.78, 5) is 2.45. The van der Waals surface area contributed by atoms with Crippen molar-refractivity contribution in [3.63, 3.8) is 0 Å². The van der Waals surface area contributed by atoms with Crippen molar-refractivity contribution in [3.05, 3.63) is 44.0 Å². The highest BCUT2D eigenvalue weighted by Crippen LogP contribution is 2.28. The SMILES string of the molecule is [N-]=[N+]=NCC(O)c1cc(Cl)cc(Cl)c1F. The van der Waals surface area contributed by atoms with Crippen LogP contribution in [-0.2, 0) is 0 Å². The fraction of sp³-hybridized carbons (Fsp3) is 0.250. The minimum Gasteiger partial charge on any atom is -0.388 e. The minimum absolute atomic E-state index is 0.0834. The number of rotatable bonds is 3. The van der Waals surface area contributed by atoms with Crippen LogP contribution in [-0.4, -0.2) is 11.7 Å². The summed E-state index contributed by atoms with van der Waals surface area (Å²) in [7, 11) is 0. The smallest absolute Gasteiger partial charge is 0.147 e. The molecule has 1 aromatic rings. The molecule has 0 heterocycles. The molecule has 1 aromatic carbocycles. The van der Waals surface area contributed by atoms with E-state index in [1.807, 2.05) is 0 Å². The van der Waals surface area contributed by atoms with Gasteiger partial charge in [0.25, 0.3) is 0 Å². The lowest BCUT2D eigenvalue weighted by atomic mass is 10.1. The van der Waals surface area contributed by atoms with Gasteiger partial charge in [-0.2, -0.15) is 0 Å². The first-order valence-corrected chi connectivity index (χ1v) is 4.65. The summed E-state index contributed by atoms with van der Waals surface area (Å²) in [5, 5.41) is 12.6. The molecule has 0 aromatic heterocycles. The van der Waals surface area contributed by atoms with E-state index in [1.54, 1.807) is 0 Å². The van der Waals surface area contributed by atoms with Crippen molar-refractivity contribution in [2.45, 2.75) is 6.10 Å². The molecular weight excluding hydrogens is 244 g/mol. The first-order chi connectivity index (χ1) is 7.06. The second-order valence-electron chi connectivity index (χ2n) is 2.72. The fourth-order valence-electron chi connectivity index (χ4n) is 1.03. The molecule has 0 amide bonds. The zero-order chi connectivity index (χ0) is 11.4. The third kappa shape index (κ3) is 2.97. The second kappa shape index (κ2) is 5.19. The highest BCUT2D eigenvalue weighted by atomic mass is 35.5. The molecule has 0 spiro atoms. The van der Waals surface area contributed by atoms with Gasteiger partial charge in [-0.3, -0.25) is 0 Å². The van der Waals surface area contributed by atoms with Crippen molar-refractivity contribution in [1.29, 1.82) is 0 Å². The summed E-state index contributed by atoms with van der Waals surface area (Å²) >= 11 is 11.2. The van der Waals surface area contributed by atoms with Gasteiger partial charge in [0.1, 0.15) is 5.82 Å². The average Bonchev–Trinajstić information content (AvgIpc) is 2.19. The van der Waals surface area contributed by atoms with Crippen molar-refractivity contribution < 1.29 is 9.50 Å². The molecule has 0 fully saturated rings. The summed E-state index contributed by atoms with van der Waals surface area (Å²) in [5.41, 5.74) is 7.96. The van der Waals surface area contributed by atoms with Gasteiger partial charge < -0.3 is 5.11 Å². The first-order valence-electron chi connectivity index (χ1n) is 3.89. The van der Waals surface area contributed by atoms with Crippen LogP contribution in [0.3, 0.4) is 0 Å². The zero-order valence-electron chi connectivity index (χ0n) is 7.36. The van der Waals surface area contributed by atoms with E-state index in [4.69, 9.17) is 28.7 Å². The number of azide groups is 1. The molecule has 0 radical (unpaired) electrons. The van der Waals surface area contributed by atoms with Gasteiger partial charge in [0, 0.05) is 15.5 Å². The van der Waals surface area contributed by atoms with Gasteiger partial charge >= 0.3 is 0 Å². The normalized spacial score (nSPS) is 12.0. The number of hydrogen-bond donors (Lipinski definition) is 1. The molecule has 0 aliphatic heterocycles. The Hall–Kier alpha value is -1.00. The Bertz CT molecular complexity index is 421. The molecule has 1 N–H and O–H groups in total. The van der Waals surface area contributed by atoms with Crippen molar-refractivity contribution >= 4 is 23.2 Å². The predicted octanol–water partition coefficient (Wildman–Crippen LogP) is 3.48. The maximum atomic E-state index is 13.4. The summed E-state index contributed by atoms with van der Waals surface area (Å²) in [6.45, 7) is -0.274.